The average molecular weight is 507 g/mol. The highest BCUT2D eigenvalue weighted by Gasteiger charge is 2.35. The van der Waals surface area contributed by atoms with Crippen LogP contribution in [0.5, 0.6) is 28.7 Å². The highest BCUT2D eigenvalue weighted by atomic mass is 35.5. The zero-order valence-corrected chi connectivity index (χ0v) is 19.8. The molecular weight excluding hydrogens is 488 g/mol. The summed E-state index contributed by atoms with van der Waals surface area (Å²) in [5.74, 6) is 0.168. The molecule has 0 saturated carbocycles. The molecule has 4 aromatic rings. The fourth-order valence-corrected chi connectivity index (χ4v) is 4.87. The molecule has 2 aliphatic heterocycles. The van der Waals surface area contributed by atoms with Gasteiger partial charge in [-0.25, -0.2) is 0 Å². The molecule has 182 valence electrons. The second kappa shape index (κ2) is 8.49. The zero-order chi connectivity index (χ0) is 25.0. The van der Waals surface area contributed by atoms with Gasteiger partial charge in [-0.3, -0.25) is 9.59 Å². The molecule has 1 atom stereocenters. The maximum absolute atomic E-state index is 13.5. The summed E-state index contributed by atoms with van der Waals surface area (Å²) in [7, 11) is 1.52. The van der Waals surface area contributed by atoms with Gasteiger partial charge in [0.1, 0.15) is 41.9 Å². The van der Waals surface area contributed by atoms with E-state index in [0.717, 1.165) is 0 Å². The van der Waals surface area contributed by atoms with Crippen LogP contribution in [0.1, 0.15) is 23.5 Å². The lowest BCUT2D eigenvalue weighted by atomic mass is 9.84. The Balaban J connectivity index is 1.58. The van der Waals surface area contributed by atoms with Crippen molar-refractivity contribution in [3.05, 3.63) is 75.1 Å². The number of halogens is 1. The predicted molar refractivity (Wildman–Crippen MR) is 131 cm³/mol. The number of carbonyl (C=O) groups is 1. The molecule has 9 heteroatoms. The number of rotatable bonds is 3. The van der Waals surface area contributed by atoms with Gasteiger partial charge in [0.15, 0.2) is 11.5 Å². The van der Waals surface area contributed by atoms with Crippen LogP contribution < -0.4 is 24.4 Å². The molecule has 0 spiro atoms. The Morgan fingerprint density at radius 1 is 1.03 bits per heavy atom. The molecule has 6 rings (SSSR count). The number of ether oxygens (including phenoxy) is 4. The molecule has 0 radical (unpaired) electrons. The molecule has 3 heterocycles. The third kappa shape index (κ3) is 3.53. The van der Waals surface area contributed by atoms with Gasteiger partial charge in [-0.15, -0.1) is 0 Å². The van der Waals surface area contributed by atoms with Gasteiger partial charge in [0.25, 0.3) is 0 Å². The maximum Gasteiger partial charge on any atom is 0.312 e. The van der Waals surface area contributed by atoms with Crippen LogP contribution in [0.3, 0.4) is 0 Å². The van der Waals surface area contributed by atoms with Gasteiger partial charge in [-0.1, -0.05) is 23.7 Å². The van der Waals surface area contributed by atoms with Crippen LogP contribution in [0.2, 0.25) is 5.02 Å². The monoisotopic (exact) mass is 506 g/mol. The van der Waals surface area contributed by atoms with E-state index in [1.807, 2.05) is 0 Å². The third-order valence-corrected chi connectivity index (χ3v) is 6.63. The first-order valence-electron chi connectivity index (χ1n) is 11.2. The van der Waals surface area contributed by atoms with Crippen LogP contribution in [0.4, 0.5) is 0 Å². The molecule has 3 aromatic carbocycles. The van der Waals surface area contributed by atoms with E-state index in [1.54, 1.807) is 36.4 Å². The van der Waals surface area contributed by atoms with Gasteiger partial charge >= 0.3 is 5.97 Å². The second-order valence-electron chi connectivity index (χ2n) is 8.48. The molecule has 0 unspecified atom stereocenters. The quantitative estimate of drug-likeness (QED) is 0.304. The number of benzene rings is 3. The summed E-state index contributed by atoms with van der Waals surface area (Å²) in [6.07, 6.45) is 1.32. The van der Waals surface area contributed by atoms with Crippen LogP contribution in [0, 0.1) is 0 Å². The highest BCUT2D eigenvalue weighted by molar-refractivity contribution is 6.30. The number of aromatic hydroxyl groups is 1. The zero-order valence-electron chi connectivity index (χ0n) is 19.0. The molecular formula is C27H19ClO8. The van der Waals surface area contributed by atoms with Crippen LogP contribution in [-0.2, 0) is 4.79 Å². The number of methoxy groups -OCH3 is 1. The summed E-state index contributed by atoms with van der Waals surface area (Å²) in [6.45, 7) is 0.772. The van der Waals surface area contributed by atoms with Crippen molar-refractivity contribution in [2.45, 2.75) is 12.3 Å². The summed E-state index contributed by atoms with van der Waals surface area (Å²) < 4.78 is 28.4. The lowest BCUT2D eigenvalue weighted by molar-refractivity contribution is -0.135. The molecule has 0 amide bonds. The van der Waals surface area contributed by atoms with Crippen LogP contribution in [0.15, 0.2) is 57.9 Å². The van der Waals surface area contributed by atoms with Crippen molar-refractivity contribution in [1.29, 1.82) is 0 Å². The smallest absolute Gasteiger partial charge is 0.312 e. The SMILES string of the molecule is COc1cc([C@H]2CC(=O)Oc3cc(O)c4c(=O)c(-c5ccc(Cl)cc5)coc4c32)cc2c1OCCO2. The molecule has 0 bridgehead atoms. The largest absolute Gasteiger partial charge is 0.507 e. The summed E-state index contributed by atoms with van der Waals surface area (Å²) >= 11 is 5.98. The minimum Gasteiger partial charge on any atom is -0.507 e. The average Bonchev–Trinajstić information content (AvgIpc) is 2.88. The van der Waals surface area contributed by atoms with E-state index < -0.39 is 17.3 Å². The fraction of sp³-hybridized carbons (Fsp3) is 0.185. The van der Waals surface area contributed by atoms with Crippen molar-refractivity contribution in [3.63, 3.8) is 0 Å². The Labute approximate surface area is 209 Å². The van der Waals surface area contributed by atoms with E-state index in [0.29, 0.717) is 52.2 Å². The Bertz CT molecular complexity index is 1570. The van der Waals surface area contributed by atoms with E-state index in [9.17, 15) is 14.7 Å². The van der Waals surface area contributed by atoms with E-state index in [2.05, 4.69) is 0 Å². The minimum absolute atomic E-state index is 0.00587. The van der Waals surface area contributed by atoms with Crippen molar-refractivity contribution in [1.82, 2.24) is 0 Å². The summed E-state index contributed by atoms with van der Waals surface area (Å²) in [4.78, 5) is 26.0. The van der Waals surface area contributed by atoms with Crippen molar-refractivity contribution in [2.75, 3.05) is 20.3 Å². The highest BCUT2D eigenvalue weighted by Crippen LogP contribution is 2.49. The van der Waals surface area contributed by atoms with Gasteiger partial charge in [0.2, 0.25) is 11.2 Å². The normalized spacial score (nSPS) is 16.4. The van der Waals surface area contributed by atoms with Crippen LogP contribution in [0.25, 0.3) is 22.1 Å². The number of carbonyl (C=O) groups excluding carboxylic acids is 1. The van der Waals surface area contributed by atoms with Crippen molar-refractivity contribution in [3.8, 4) is 39.9 Å². The Hall–Kier alpha value is -4.17. The molecule has 0 aliphatic carbocycles. The minimum atomic E-state index is -0.557. The summed E-state index contributed by atoms with van der Waals surface area (Å²) in [5.41, 5.74) is 1.73. The molecule has 0 saturated heterocycles. The predicted octanol–water partition coefficient (Wildman–Crippen LogP) is 5.04. The summed E-state index contributed by atoms with van der Waals surface area (Å²) in [5, 5.41) is 11.3. The number of phenolic OH excluding ortho intramolecular Hbond substituents is 1. The van der Waals surface area contributed by atoms with E-state index in [-0.39, 0.29) is 34.5 Å². The standard InChI is InChI=1S/C27H19ClO8/c1-32-20-8-14(9-21-26(20)34-7-6-33-21)16-10-22(30)36-19-11-18(29)24-25(31)17(12-35-27(24)23(16)19)13-2-4-15(28)5-3-13/h2-5,8-9,11-12,16,29H,6-7,10H2,1H3/t16-/m1/s1. The van der Waals surface area contributed by atoms with Crippen LogP contribution >= 0.6 is 11.6 Å². The first kappa shape index (κ1) is 22.3. The van der Waals surface area contributed by atoms with Crippen molar-refractivity contribution < 1.29 is 33.3 Å². The van der Waals surface area contributed by atoms with Crippen LogP contribution in [-0.4, -0.2) is 31.4 Å². The molecule has 8 nitrogen and oxygen atoms in total. The number of fused-ring (bicyclic) bond motifs is 4. The van der Waals surface area contributed by atoms with Gasteiger partial charge in [-0.05, 0) is 35.4 Å². The molecule has 1 aromatic heterocycles. The first-order valence-corrected chi connectivity index (χ1v) is 11.6. The second-order valence-corrected chi connectivity index (χ2v) is 8.91. The Morgan fingerprint density at radius 2 is 1.81 bits per heavy atom. The van der Waals surface area contributed by atoms with Crippen molar-refractivity contribution in [2.24, 2.45) is 0 Å². The third-order valence-electron chi connectivity index (χ3n) is 6.38. The van der Waals surface area contributed by atoms with Crippen molar-refractivity contribution >= 4 is 28.5 Å². The molecule has 2 aliphatic rings. The Morgan fingerprint density at radius 3 is 2.58 bits per heavy atom. The number of hydrogen-bond donors (Lipinski definition) is 1. The van der Waals surface area contributed by atoms with Gasteiger partial charge in [-0.2, -0.15) is 0 Å². The summed E-state index contributed by atoms with van der Waals surface area (Å²) in [6, 6.07) is 11.5. The topological polar surface area (TPSA) is 104 Å². The maximum atomic E-state index is 13.5. The molecule has 1 N–H and O–H groups in total. The van der Waals surface area contributed by atoms with E-state index in [1.165, 1.54) is 19.4 Å². The number of phenols is 1. The van der Waals surface area contributed by atoms with Gasteiger partial charge in [0.05, 0.1) is 19.1 Å². The molecule has 36 heavy (non-hydrogen) atoms. The number of hydrogen-bond acceptors (Lipinski definition) is 8. The van der Waals surface area contributed by atoms with E-state index in [4.69, 9.17) is 35.0 Å². The Kier molecular flexibility index (Phi) is 5.26. The van der Waals surface area contributed by atoms with E-state index >= 15 is 0 Å². The first-order chi connectivity index (χ1) is 17.4. The molecule has 0 fully saturated rings. The number of esters is 1. The fourth-order valence-electron chi connectivity index (χ4n) is 4.74. The van der Waals surface area contributed by atoms with Gasteiger partial charge in [0, 0.05) is 22.6 Å². The lowest BCUT2D eigenvalue weighted by Crippen LogP contribution is -2.22. The lowest BCUT2D eigenvalue weighted by Gasteiger charge is -2.28. The van der Waals surface area contributed by atoms with Gasteiger partial charge < -0.3 is 28.5 Å².